The molecule has 0 heterocycles. The summed E-state index contributed by atoms with van der Waals surface area (Å²) in [5, 5.41) is 4.54. The topological polar surface area (TPSA) is 12.0 Å². The molecule has 0 amide bonds. The maximum absolute atomic E-state index is 6.06. The maximum Gasteiger partial charge on any atom is 0.0408 e. The minimum Gasteiger partial charge on any atom is -0.309 e. The van der Waals surface area contributed by atoms with Gasteiger partial charge in [0.2, 0.25) is 0 Å². The molecule has 0 saturated carbocycles. The molecule has 0 saturated heterocycles. The van der Waals surface area contributed by atoms with Crippen LogP contribution >= 0.6 is 11.6 Å². The summed E-state index contributed by atoms with van der Waals surface area (Å²) in [6.07, 6.45) is 3.29. The number of hydrogen-bond acceptors (Lipinski definition) is 1. The van der Waals surface area contributed by atoms with Crippen LogP contribution in [0.15, 0.2) is 42.5 Å². The molecule has 1 aliphatic carbocycles. The highest BCUT2D eigenvalue weighted by molar-refractivity contribution is 6.30. The minimum atomic E-state index is 0.536. The minimum absolute atomic E-state index is 0.536. The van der Waals surface area contributed by atoms with E-state index in [0.29, 0.717) is 6.04 Å². The van der Waals surface area contributed by atoms with Gasteiger partial charge in [-0.25, -0.2) is 0 Å². The van der Waals surface area contributed by atoms with E-state index in [1.54, 1.807) is 0 Å². The molecule has 1 nitrogen and oxygen atoms in total. The predicted octanol–water partition coefficient (Wildman–Crippen LogP) is 4.16. The lowest BCUT2D eigenvalue weighted by molar-refractivity contribution is 0.531. The molecule has 1 unspecified atom stereocenters. The second-order valence-corrected chi connectivity index (χ2v) is 5.96. The third kappa shape index (κ3) is 2.89. The van der Waals surface area contributed by atoms with Gasteiger partial charge in [0.15, 0.2) is 0 Å². The number of aryl methyl sites for hydroxylation is 1. The predicted molar refractivity (Wildman–Crippen MR) is 85.3 cm³/mol. The third-order valence-electron chi connectivity index (χ3n) is 4.18. The van der Waals surface area contributed by atoms with E-state index in [1.165, 1.54) is 22.3 Å². The van der Waals surface area contributed by atoms with Gasteiger partial charge in [0.25, 0.3) is 0 Å². The fourth-order valence-corrected chi connectivity index (χ4v) is 3.25. The van der Waals surface area contributed by atoms with Crippen molar-refractivity contribution in [3.63, 3.8) is 0 Å². The fraction of sp³-hybridized carbons (Fsp3) is 0.333. The number of nitrogens with one attached hydrogen (secondary N) is 1. The summed E-state index contributed by atoms with van der Waals surface area (Å²) < 4.78 is 0. The first-order chi connectivity index (χ1) is 9.76. The van der Waals surface area contributed by atoms with Crippen molar-refractivity contribution in [3.8, 4) is 0 Å². The Bertz CT molecular complexity index is 606. The van der Waals surface area contributed by atoms with Crippen LogP contribution in [-0.4, -0.2) is 6.04 Å². The quantitative estimate of drug-likeness (QED) is 0.889. The number of halogens is 1. The highest BCUT2D eigenvalue weighted by atomic mass is 35.5. The van der Waals surface area contributed by atoms with Crippen LogP contribution in [0.4, 0.5) is 0 Å². The SMILES string of the molecule is CCc1ccccc1CNC1Cc2ccc(Cl)cc2C1. The molecule has 0 radical (unpaired) electrons. The molecular formula is C18H20ClN. The van der Waals surface area contributed by atoms with Crippen molar-refractivity contribution in [1.82, 2.24) is 5.32 Å². The van der Waals surface area contributed by atoms with Gasteiger partial charge in [-0.15, -0.1) is 0 Å². The van der Waals surface area contributed by atoms with Crippen LogP contribution in [-0.2, 0) is 25.8 Å². The summed E-state index contributed by atoms with van der Waals surface area (Å²) in [4.78, 5) is 0. The van der Waals surface area contributed by atoms with Gasteiger partial charge < -0.3 is 5.32 Å². The normalized spacial score (nSPS) is 17.2. The molecule has 2 heteroatoms. The molecule has 20 heavy (non-hydrogen) atoms. The first-order valence-corrected chi connectivity index (χ1v) is 7.71. The van der Waals surface area contributed by atoms with Crippen LogP contribution in [0.5, 0.6) is 0 Å². The van der Waals surface area contributed by atoms with E-state index in [2.05, 4.69) is 48.6 Å². The molecular weight excluding hydrogens is 266 g/mol. The lowest BCUT2D eigenvalue weighted by atomic mass is 10.0. The number of rotatable bonds is 4. The number of benzene rings is 2. The molecule has 104 valence electrons. The fourth-order valence-electron chi connectivity index (χ4n) is 3.06. The van der Waals surface area contributed by atoms with Gasteiger partial charge in [-0.3, -0.25) is 0 Å². The molecule has 2 aromatic rings. The average molecular weight is 286 g/mol. The van der Waals surface area contributed by atoms with Gasteiger partial charge in [-0.1, -0.05) is 48.9 Å². The van der Waals surface area contributed by atoms with Crippen molar-refractivity contribution >= 4 is 11.6 Å². The Balaban J connectivity index is 1.64. The third-order valence-corrected chi connectivity index (χ3v) is 4.42. The summed E-state index contributed by atoms with van der Waals surface area (Å²) in [6, 6.07) is 15.5. The van der Waals surface area contributed by atoms with E-state index < -0.39 is 0 Å². The lowest BCUT2D eigenvalue weighted by Crippen LogP contribution is -2.29. The molecule has 3 rings (SSSR count). The summed E-state index contributed by atoms with van der Waals surface area (Å²) in [6.45, 7) is 3.17. The van der Waals surface area contributed by atoms with Gasteiger partial charge in [0, 0.05) is 17.6 Å². The Morgan fingerprint density at radius 1 is 1.05 bits per heavy atom. The Hall–Kier alpha value is -1.31. The monoisotopic (exact) mass is 285 g/mol. The molecule has 0 spiro atoms. The van der Waals surface area contributed by atoms with E-state index in [4.69, 9.17) is 11.6 Å². The van der Waals surface area contributed by atoms with E-state index >= 15 is 0 Å². The first kappa shape index (κ1) is 13.7. The Morgan fingerprint density at radius 3 is 2.60 bits per heavy atom. The highest BCUT2D eigenvalue weighted by Gasteiger charge is 2.21. The summed E-state index contributed by atoms with van der Waals surface area (Å²) in [7, 11) is 0. The Kier molecular flexibility index (Phi) is 4.09. The molecule has 0 aliphatic heterocycles. The van der Waals surface area contributed by atoms with Crippen LogP contribution in [0, 0.1) is 0 Å². The molecule has 1 aliphatic rings. The van der Waals surface area contributed by atoms with Crippen LogP contribution in [0.25, 0.3) is 0 Å². The molecule has 1 atom stereocenters. The van der Waals surface area contributed by atoms with Gasteiger partial charge in [0.1, 0.15) is 0 Å². The van der Waals surface area contributed by atoms with Crippen LogP contribution in [0.1, 0.15) is 29.2 Å². The summed E-state index contributed by atoms with van der Waals surface area (Å²) in [5.41, 5.74) is 5.71. The molecule has 1 N–H and O–H groups in total. The summed E-state index contributed by atoms with van der Waals surface area (Å²) >= 11 is 6.06. The standard InChI is InChI=1S/C18H20ClN/c1-2-13-5-3-4-6-15(13)12-20-18-10-14-7-8-17(19)9-16(14)11-18/h3-9,18,20H,2,10-12H2,1H3. The molecule has 0 bridgehead atoms. The van der Waals surface area contributed by atoms with Crippen molar-refractivity contribution in [2.75, 3.05) is 0 Å². The molecule has 0 aromatic heterocycles. The highest BCUT2D eigenvalue weighted by Crippen LogP contribution is 2.25. The van der Waals surface area contributed by atoms with Crippen LogP contribution < -0.4 is 5.32 Å². The maximum atomic E-state index is 6.06. The van der Waals surface area contributed by atoms with E-state index in [0.717, 1.165) is 30.8 Å². The van der Waals surface area contributed by atoms with Gasteiger partial charge in [0.05, 0.1) is 0 Å². The van der Waals surface area contributed by atoms with Crippen molar-refractivity contribution in [2.24, 2.45) is 0 Å². The molecule has 0 fully saturated rings. The molecule has 2 aromatic carbocycles. The van der Waals surface area contributed by atoms with Crippen LogP contribution in [0.3, 0.4) is 0 Å². The second kappa shape index (κ2) is 5.99. The second-order valence-electron chi connectivity index (χ2n) is 5.52. The zero-order valence-electron chi connectivity index (χ0n) is 11.8. The Morgan fingerprint density at radius 2 is 1.80 bits per heavy atom. The van der Waals surface area contributed by atoms with E-state index in [9.17, 15) is 0 Å². The zero-order valence-corrected chi connectivity index (χ0v) is 12.6. The van der Waals surface area contributed by atoms with Gasteiger partial charge in [-0.2, -0.15) is 0 Å². The number of fused-ring (bicyclic) bond motifs is 1. The van der Waals surface area contributed by atoms with E-state index in [1.807, 2.05) is 6.07 Å². The lowest BCUT2D eigenvalue weighted by Gasteiger charge is -2.14. The van der Waals surface area contributed by atoms with Crippen molar-refractivity contribution in [2.45, 2.75) is 38.8 Å². The van der Waals surface area contributed by atoms with Gasteiger partial charge in [-0.05, 0) is 53.6 Å². The van der Waals surface area contributed by atoms with Crippen molar-refractivity contribution in [3.05, 3.63) is 69.7 Å². The summed E-state index contributed by atoms with van der Waals surface area (Å²) in [5.74, 6) is 0. The number of hydrogen-bond donors (Lipinski definition) is 1. The average Bonchev–Trinajstić information content (AvgIpc) is 2.87. The van der Waals surface area contributed by atoms with Crippen molar-refractivity contribution in [1.29, 1.82) is 0 Å². The largest absolute Gasteiger partial charge is 0.309 e. The first-order valence-electron chi connectivity index (χ1n) is 7.33. The smallest absolute Gasteiger partial charge is 0.0408 e. The van der Waals surface area contributed by atoms with E-state index in [-0.39, 0.29) is 0 Å². The van der Waals surface area contributed by atoms with Crippen molar-refractivity contribution < 1.29 is 0 Å². The Labute approximate surface area is 126 Å². The van der Waals surface area contributed by atoms with Crippen LogP contribution in [0.2, 0.25) is 5.02 Å². The van der Waals surface area contributed by atoms with Gasteiger partial charge >= 0.3 is 0 Å². The zero-order chi connectivity index (χ0) is 13.9.